The smallest absolute Gasteiger partial charge is 0.244 e. The number of ether oxygens (including phenoxy) is 1. The van der Waals surface area contributed by atoms with Gasteiger partial charge in [0.05, 0.1) is 19.3 Å². The highest BCUT2D eigenvalue weighted by atomic mass is 16.5. The van der Waals surface area contributed by atoms with Gasteiger partial charge in [0.1, 0.15) is 5.75 Å². The van der Waals surface area contributed by atoms with Crippen molar-refractivity contribution in [3.05, 3.63) is 24.3 Å². The standard InChI is InChI=1S/C15H22N2O3/c1-4-10-17(15(19)5-2)11-14(18)16-12-8-6-7-9-13(12)20-3/h6-9H,4-5,10-11H2,1-3H3,(H,16,18). The molecule has 20 heavy (non-hydrogen) atoms. The van der Waals surface area contributed by atoms with Crippen LogP contribution >= 0.6 is 0 Å². The Balaban J connectivity index is 2.68. The van der Waals surface area contributed by atoms with Gasteiger partial charge in [-0.05, 0) is 18.6 Å². The topological polar surface area (TPSA) is 58.6 Å². The first-order chi connectivity index (χ1) is 9.62. The molecule has 2 amide bonds. The maximum absolute atomic E-state index is 12.0. The largest absolute Gasteiger partial charge is 0.495 e. The molecule has 0 aliphatic rings. The SMILES string of the molecule is CCCN(CC(=O)Nc1ccccc1OC)C(=O)CC. The van der Waals surface area contributed by atoms with E-state index in [1.807, 2.05) is 19.1 Å². The third-order valence-electron chi connectivity index (χ3n) is 2.86. The van der Waals surface area contributed by atoms with Crippen LogP contribution in [0.25, 0.3) is 0 Å². The van der Waals surface area contributed by atoms with Gasteiger partial charge >= 0.3 is 0 Å². The molecular formula is C15H22N2O3. The number of para-hydroxylation sites is 2. The Morgan fingerprint density at radius 1 is 1.25 bits per heavy atom. The Kier molecular flexibility index (Phi) is 6.56. The molecule has 1 N–H and O–H groups in total. The van der Waals surface area contributed by atoms with E-state index < -0.39 is 0 Å². The second-order valence-corrected chi connectivity index (χ2v) is 4.42. The minimum Gasteiger partial charge on any atom is -0.495 e. The van der Waals surface area contributed by atoms with Crippen molar-refractivity contribution in [1.29, 1.82) is 0 Å². The maximum atomic E-state index is 12.0. The van der Waals surface area contributed by atoms with Crippen molar-refractivity contribution >= 4 is 17.5 Å². The van der Waals surface area contributed by atoms with Gasteiger partial charge in [0.15, 0.2) is 0 Å². The van der Waals surface area contributed by atoms with E-state index in [1.165, 1.54) is 0 Å². The molecule has 0 aliphatic heterocycles. The molecule has 0 heterocycles. The zero-order valence-corrected chi connectivity index (χ0v) is 12.3. The van der Waals surface area contributed by atoms with E-state index in [1.54, 1.807) is 31.1 Å². The molecule has 1 rings (SSSR count). The van der Waals surface area contributed by atoms with E-state index in [0.717, 1.165) is 6.42 Å². The van der Waals surface area contributed by atoms with E-state index in [9.17, 15) is 9.59 Å². The van der Waals surface area contributed by atoms with Gasteiger partial charge in [-0.25, -0.2) is 0 Å². The molecule has 0 spiro atoms. The normalized spacial score (nSPS) is 9.95. The van der Waals surface area contributed by atoms with Gasteiger partial charge in [-0.3, -0.25) is 9.59 Å². The lowest BCUT2D eigenvalue weighted by molar-refractivity contribution is -0.134. The van der Waals surface area contributed by atoms with E-state index in [0.29, 0.717) is 24.4 Å². The molecule has 1 aromatic rings. The van der Waals surface area contributed by atoms with Gasteiger partial charge in [0, 0.05) is 13.0 Å². The van der Waals surface area contributed by atoms with Crippen molar-refractivity contribution in [3.8, 4) is 5.75 Å². The molecule has 0 aromatic heterocycles. The summed E-state index contributed by atoms with van der Waals surface area (Å²) in [6.45, 7) is 4.43. The highest BCUT2D eigenvalue weighted by molar-refractivity contribution is 5.95. The zero-order chi connectivity index (χ0) is 15.0. The fraction of sp³-hybridized carbons (Fsp3) is 0.467. The number of amides is 2. The molecule has 5 nitrogen and oxygen atoms in total. The predicted molar refractivity (Wildman–Crippen MR) is 78.8 cm³/mol. The van der Waals surface area contributed by atoms with Crippen LogP contribution in [0.3, 0.4) is 0 Å². The van der Waals surface area contributed by atoms with E-state index in [4.69, 9.17) is 4.74 Å². The summed E-state index contributed by atoms with van der Waals surface area (Å²) in [6, 6.07) is 7.19. The first-order valence-corrected chi connectivity index (χ1v) is 6.83. The Bertz CT molecular complexity index is 460. The molecule has 0 atom stereocenters. The Hall–Kier alpha value is -2.04. The van der Waals surface area contributed by atoms with Crippen molar-refractivity contribution in [2.45, 2.75) is 26.7 Å². The van der Waals surface area contributed by atoms with Gasteiger partial charge in [0.25, 0.3) is 0 Å². The number of rotatable bonds is 7. The van der Waals surface area contributed by atoms with Crippen molar-refractivity contribution in [2.24, 2.45) is 0 Å². The molecule has 0 fully saturated rings. The van der Waals surface area contributed by atoms with E-state index >= 15 is 0 Å². The minimum atomic E-state index is -0.218. The third kappa shape index (κ3) is 4.57. The molecule has 0 saturated heterocycles. The van der Waals surface area contributed by atoms with Gasteiger partial charge in [0.2, 0.25) is 11.8 Å². The van der Waals surface area contributed by atoms with Crippen molar-refractivity contribution in [1.82, 2.24) is 4.90 Å². The molecule has 0 saturated carbocycles. The molecule has 0 aliphatic carbocycles. The number of nitrogens with zero attached hydrogens (tertiary/aromatic N) is 1. The zero-order valence-electron chi connectivity index (χ0n) is 12.3. The van der Waals surface area contributed by atoms with Gasteiger partial charge in [-0.1, -0.05) is 26.0 Å². The summed E-state index contributed by atoms with van der Waals surface area (Å²) in [7, 11) is 1.55. The number of carbonyl (C=O) groups excluding carboxylic acids is 2. The summed E-state index contributed by atoms with van der Waals surface area (Å²) in [5.41, 5.74) is 0.611. The van der Waals surface area contributed by atoms with Crippen molar-refractivity contribution < 1.29 is 14.3 Å². The number of benzene rings is 1. The maximum Gasteiger partial charge on any atom is 0.244 e. The van der Waals surface area contributed by atoms with Gasteiger partial charge in [-0.15, -0.1) is 0 Å². The Labute approximate surface area is 119 Å². The monoisotopic (exact) mass is 278 g/mol. The Morgan fingerprint density at radius 3 is 2.55 bits per heavy atom. The number of methoxy groups -OCH3 is 1. The summed E-state index contributed by atoms with van der Waals surface area (Å²) in [5.74, 6) is 0.372. The van der Waals surface area contributed by atoms with E-state index in [2.05, 4.69) is 5.32 Å². The highest BCUT2D eigenvalue weighted by Gasteiger charge is 2.15. The number of hydrogen-bond donors (Lipinski definition) is 1. The van der Waals surface area contributed by atoms with Gasteiger partial charge < -0.3 is 15.0 Å². The molecular weight excluding hydrogens is 256 g/mol. The fourth-order valence-corrected chi connectivity index (χ4v) is 1.90. The molecule has 5 heteroatoms. The average molecular weight is 278 g/mol. The summed E-state index contributed by atoms with van der Waals surface area (Å²) < 4.78 is 5.17. The lowest BCUT2D eigenvalue weighted by Gasteiger charge is -2.21. The summed E-state index contributed by atoms with van der Waals surface area (Å²) >= 11 is 0. The minimum absolute atomic E-state index is 0.0120. The quantitative estimate of drug-likeness (QED) is 0.832. The summed E-state index contributed by atoms with van der Waals surface area (Å²) in [4.78, 5) is 25.3. The van der Waals surface area contributed by atoms with Crippen LogP contribution < -0.4 is 10.1 Å². The summed E-state index contributed by atoms with van der Waals surface area (Å²) in [6.07, 6.45) is 1.23. The Morgan fingerprint density at radius 2 is 1.95 bits per heavy atom. The first-order valence-electron chi connectivity index (χ1n) is 6.83. The van der Waals surface area contributed by atoms with Crippen LogP contribution in [-0.4, -0.2) is 36.9 Å². The van der Waals surface area contributed by atoms with Gasteiger partial charge in [-0.2, -0.15) is 0 Å². The molecule has 0 radical (unpaired) electrons. The lowest BCUT2D eigenvalue weighted by Crippen LogP contribution is -2.38. The van der Waals surface area contributed by atoms with Crippen LogP contribution in [-0.2, 0) is 9.59 Å². The van der Waals surface area contributed by atoms with Crippen LogP contribution in [0.5, 0.6) is 5.75 Å². The number of nitrogens with one attached hydrogen (secondary N) is 1. The molecule has 110 valence electrons. The van der Waals surface area contributed by atoms with Crippen LogP contribution in [0, 0.1) is 0 Å². The fourth-order valence-electron chi connectivity index (χ4n) is 1.90. The van der Waals surface area contributed by atoms with Crippen LogP contribution in [0.15, 0.2) is 24.3 Å². The second kappa shape index (κ2) is 8.19. The van der Waals surface area contributed by atoms with E-state index in [-0.39, 0.29) is 18.4 Å². The number of hydrogen-bond acceptors (Lipinski definition) is 3. The summed E-state index contributed by atoms with van der Waals surface area (Å²) in [5, 5.41) is 2.77. The number of carbonyl (C=O) groups is 2. The average Bonchev–Trinajstić information content (AvgIpc) is 2.46. The molecule has 1 aromatic carbocycles. The van der Waals surface area contributed by atoms with Crippen LogP contribution in [0.2, 0.25) is 0 Å². The predicted octanol–water partition coefficient (Wildman–Crippen LogP) is 2.28. The second-order valence-electron chi connectivity index (χ2n) is 4.42. The number of anilines is 1. The van der Waals surface area contributed by atoms with Crippen LogP contribution in [0.1, 0.15) is 26.7 Å². The van der Waals surface area contributed by atoms with Crippen molar-refractivity contribution in [3.63, 3.8) is 0 Å². The third-order valence-corrected chi connectivity index (χ3v) is 2.86. The highest BCUT2D eigenvalue weighted by Crippen LogP contribution is 2.22. The van der Waals surface area contributed by atoms with Crippen LogP contribution in [0.4, 0.5) is 5.69 Å². The molecule has 0 bridgehead atoms. The first kappa shape index (κ1) is 16.0. The van der Waals surface area contributed by atoms with Crippen molar-refractivity contribution in [2.75, 3.05) is 25.5 Å². The molecule has 0 unspecified atom stereocenters. The lowest BCUT2D eigenvalue weighted by atomic mass is 10.3.